The molecule has 0 unspecified atom stereocenters. The summed E-state index contributed by atoms with van der Waals surface area (Å²) < 4.78 is 32.4. The van der Waals surface area contributed by atoms with Crippen LogP contribution in [0.25, 0.3) is 0 Å². The third-order valence-corrected chi connectivity index (χ3v) is 5.64. The van der Waals surface area contributed by atoms with Crippen LogP contribution in [0.3, 0.4) is 0 Å². The van der Waals surface area contributed by atoms with Gasteiger partial charge in [-0.2, -0.15) is 0 Å². The SMILES string of the molecule is CCCCS(=O)(=O)N[C@H]1COC[C@@H]1N1CCN(C)CC1. The molecular formula is C13H27N3O3S. The van der Waals surface area contributed by atoms with Crippen LogP contribution in [0, 0.1) is 0 Å². The molecule has 2 aliphatic rings. The van der Waals surface area contributed by atoms with E-state index in [1.807, 2.05) is 6.92 Å². The second kappa shape index (κ2) is 7.17. The van der Waals surface area contributed by atoms with Gasteiger partial charge in [-0.15, -0.1) is 0 Å². The topological polar surface area (TPSA) is 61.9 Å². The average Bonchev–Trinajstić information content (AvgIpc) is 2.85. The van der Waals surface area contributed by atoms with Crippen molar-refractivity contribution in [3.63, 3.8) is 0 Å². The number of hydrogen-bond acceptors (Lipinski definition) is 5. The lowest BCUT2D eigenvalue weighted by molar-refractivity contribution is 0.0930. The Morgan fingerprint density at radius 3 is 2.55 bits per heavy atom. The zero-order valence-electron chi connectivity index (χ0n) is 12.5. The molecule has 2 fully saturated rings. The largest absolute Gasteiger partial charge is 0.378 e. The fourth-order valence-electron chi connectivity index (χ4n) is 2.79. The summed E-state index contributed by atoms with van der Waals surface area (Å²) in [5.74, 6) is 0.218. The molecule has 2 heterocycles. The standard InChI is InChI=1S/C13H27N3O3S/c1-3-4-9-20(17,18)14-12-10-19-11-13(12)16-7-5-15(2)6-8-16/h12-14H,3-11H2,1-2H3/t12-,13-/m0/s1. The van der Waals surface area contributed by atoms with E-state index in [0.29, 0.717) is 19.6 Å². The van der Waals surface area contributed by atoms with Crippen LogP contribution in [0.1, 0.15) is 19.8 Å². The Kier molecular flexibility index (Phi) is 5.80. The minimum absolute atomic E-state index is 0.0970. The molecule has 7 heteroatoms. The van der Waals surface area contributed by atoms with Gasteiger partial charge in [-0.25, -0.2) is 13.1 Å². The van der Waals surface area contributed by atoms with Crippen molar-refractivity contribution in [2.24, 2.45) is 0 Å². The molecule has 2 rings (SSSR count). The highest BCUT2D eigenvalue weighted by molar-refractivity contribution is 7.89. The molecule has 0 aromatic heterocycles. The molecule has 0 aromatic carbocycles. The lowest BCUT2D eigenvalue weighted by Crippen LogP contribution is -2.56. The normalized spacial score (nSPS) is 29.9. The lowest BCUT2D eigenvalue weighted by Gasteiger charge is -2.37. The first-order valence-electron chi connectivity index (χ1n) is 7.52. The predicted molar refractivity (Wildman–Crippen MR) is 79.3 cm³/mol. The number of unbranched alkanes of at least 4 members (excludes halogenated alkanes) is 1. The van der Waals surface area contributed by atoms with Gasteiger partial charge in [0.15, 0.2) is 0 Å². The first-order chi connectivity index (χ1) is 9.52. The van der Waals surface area contributed by atoms with Crippen molar-refractivity contribution in [1.29, 1.82) is 0 Å². The maximum atomic E-state index is 12.0. The van der Waals surface area contributed by atoms with Crippen LogP contribution in [0.4, 0.5) is 0 Å². The summed E-state index contributed by atoms with van der Waals surface area (Å²) in [6.07, 6.45) is 1.60. The molecular weight excluding hydrogens is 278 g/mol. The van der Waals surface area contributed by atoms with Crippen LogP contribution in [0.5, 0.6) is 0 Å². The molecule has 2 atom stereocenters. The lowest BCUT2D eigenvalue weighted by atomic mass is 10.1. The first kappa shape index (κ1) is 16.2. The maximum absolute atomic E-state index is 12.0. The minimum atomic E-state index is -3.18. The summed E-state index contributed by atoms with van der Waals surface area (Å²) in [4.78, 5) is 4.66. The monoisotopic (exact) mass is 305 g/mol. The molecule has 20 heavy (non-hydrogen) atoms. The van der Waals surface area contributed by atoms with Crippen molar-refractivity contribution < 1.29 is 13.2 Å². The highest BCUT2D eigenvalue weighted by atomic mass is 32.2. The third kappa shape index (κ3) is 4.39. The van der Waals surface area contributed by atoms with E-state index in [4.69, 9.17) is 4.74 Å². The van der Waals surface area contributed by atoms with Gasteiger partial charge in [0.2, 0.25) is 10.0 Å². The van der Waals surface area contributed by atoms with E-state index in [1.54, 1.807) is 0 Å². The number of likely N-dealkylation sites (N-methyl/N-ethyl adjacent to an activating group) is 1. The number of hydrogen-bond donors (Lipinski definition) is 1. The van der Waals surface area contributed by atoms with E-state index in [0.717, 1.165) is 32.6 Å². The van der Waals surface area contributed by atoms with Gasteiger partial charge >= 0.3 is 0 Å². The van der Waals surface area contributed by atoms with Crippen molar-refractivity contribution in [2.45, 2.75) is 31.8 Å². The Labute approximate surface area is 122 Å². The van der Waals surface area contributed by atoms with Gasteiger partial charge in [-0.1, -0.05) is 13.3 Å². The number of nitrogens with one attached hydrogen (secondary N) is 1. The Morgan fingerprint density at radius 2 is 1.90 bits per heavy atom. The predicted octanol–water partition coefficient (Wildman–Crippen LogP) is -0.279. The molecule has 6 nitrogen and oxygen atoms in total. The molecule has 0 spiro atoms. The van der Waals surface area contributed by atoms with Crippen molar-refractivity contribution in [3.8, 4) is 0 Å². The second-order valence-corrected chi connectivity index (χ2v) is 7.71. The summed E-state index contributed by atoms with van der Waals surface area (Å²) in [6.45, 7) is 7.15. The van der Waals surface area contributed by atoms with Crippen molar-refractivity contribution in [2.75, 3.05) is 52.2 Å². The molecule has 2 aliphatic heterocycles. The van der Waals surface area contributed by atoms with Crippen LogP contribution in [0.2, 0.25) is 0 Å². The van der Waals surface area contributed by atoms with Gasteiger partial charge < -0.3 is 9.64 Å². The molecule has 0 aromatic rings. The fourth-order valence-corrected chi connectivity index (χ4v) is 4.27. The van der Waals surface area contributed by atoms with E-state index in [1.165, 1.54) is 0 Å². The number of rotatable bonds is 6. The van der Waals surface area contributed by atoms with Gasteiger partial charge in [-0.05, 0) is 13.5 Å². The Morgan fingerprint density at radius 1 is 1.20 bits per heavy atom. The van der Waals surface area contributed by atoms with Crippen LogP contribution in [-0.4, -0.2) is 82.5 Å². The third-order valence-electron chi connectivity index (χ3n) is 4.15. The number of ether oxygens (including phenoxy) is 1. The second-order valence-electron chi connectivity index (χ2n) is 5.84. The molecule has 0 bridgehead atoms. The van der Waals surface area contributed by atoms with Gasteiger partial charge in [0, 0.05) is 26.2 Å². The van der Waals surface area contributed by atoms with Crippen molar-refractivity contribution in [3.05, 3.63) is 0 Å². The van der Waals surface area contributed by atoms with Gasteiger partial charge in [0.05, 0.1) is 31.1 Å². The minimum Gasteiger partial charge on any atom is -0.378 e. The summed E-state index contributed by atoms with van der Waals surface area (Å²) in [5, 5.41) is 0. The van der Waals surface area contributed by atoms with E-state index in [9.17, 15) is 8.42 Å². The highest BCUT2D eigenvalue weighted by Gasteiger charge is 2.36. The zero-order chi connectivity index (χ0) is 14.6. The smallest absolute Gasteiger partial charge is 0.211 e. The summed E-state index contributed by atoms with van der Waals surface area (Å²) in [5.41, 5.74) is 0. The number of sulfonamides is 1. The summed E-state index contributed by atoms with van der Waals surface area (Å²) >= 11 is 0. The molecule has 0 saturated carbocycles. The van der Waals surface area contributed by atoms with E-state index in [2.05, 4.69) is 21.6 Å². The number of piperazine rings is 1. The van der Waals surface area contributed by atoms with Crippen LogP contribution < -0.4 is 4.72 Å². The van der Waals surface area contributed by atoms with Crippen molar-refractivity contribution in [1.82, 2.24) is 14.5 Å². The van der Waals surface area contributed by atoms with Gasteiger partial charge in [-0.3, -0.25) is 4.90 Å². The zero-order valence-corrected chi connectivity index (χ0v) is 13.4. The van der Waals surface area contributed by atoms with Gasteiger partial charge in [0.1, 0.15) is 0 Å². The summed E-state index contributed by atoms with van der Waals surface area (Å²) in [6, 6.07) is 0.0837. The first-order valence-corrected chi connectivity index (χ1v) is 9.17. The Bertz CT molecular complexity index is 394. The van der Waals surface area contributed by atoms with Crippen LogP contribution >= 0.6 is 0 Å². The van der Waals surface area contributed by atoms with Crippen LogP contribution in [0.15, 0.2) is 0 Å². The van der Waals surface area contributed by atoms with Crippen molar-refractivity contribution >= 4 is 10.0 Å². The maximum Gasteiger partial charge on any atom is 0.211 e. The Balaban J connectivity index is 1.90. The fraction of sp³-hybridized carbons (Fsp3) is 1.00. The van der Waals surface area contributed by atoms with E-state index >= 15 is 0 Å². The molecule has 0 aliphatic carbocycles. The van der Waals surface area contributed by atoms with Gasteiger partial charge in [0.25, 0.3) is 0 Å². The van der Waals surface area contributed by atoms with E-state index < -0.39 is 10.0 Å². The average molecular weight is 305 g/mol. The number of nitrogens with zero attached hydrogens (tertiary/aromatic N) is 2. The summed E-state index contributed by atoms with van der Waals surface area (Å²) in [7, 11) is -1.06. The van der Waals surface area contributed by atoms with E-state index in [-0.39, 0.29) is 17.8 Å². The van der Waals surface area contributed by atoms with Crippen LogP contribution in [-0.2, 0) is 14.8 Å². The molecule has 118 valence electrons. The Hall–Kier alpha value is -0.210. The molecule has 0 amide bonds. The molecule has 1 N–H and O–H groups in total. The highest BCUT2D eigenvalue weighted by Crippen LogP contribution is 2.16. The molecule has 2 saturated heterocycles. The molecule has 0 radical (unpaired) electrons. The quantitative estimate of drug-likeness (QED) is 0.731.